The molecule has 1 aromatic carbocycles. The van der Waals surface area contributed by atoms with Gasteiger partial charge in [0.1, 0.15) is 0 Å². The lowest BCUT2D eigenvalue weighted by Crippen LogP contribution is -2.17. The Kier molecular flexibility index (Phi) is 4.69. The Bertz CT molecular complexity index is 449. The number of aryl methyl sites for hydroxylation is 1. The zero-order chi connectivity index (χ0) is 13.1. The third-order valence-corrected chi connectivity index (χ3v) is 4.50. The molecule has 2 nitrogen and oxygen atoms in total. The van der Waals surface area contributed by atoms with Crippen molar-refractivity contribution in [1.82, 2.24) is 0 Å². The number of sulfone groups is 1. The van der Waals surface area contributed by atoms with Crippen LogP contribution in [-0.2, 0) is 9.84 Å². The van der Waals surface area contributed by atoms with Crippen molar-refractivity contribution < 1.29 is 12.8 Å². The largest absolute Gasteiger partial charge is 0.230 e. The molecule has 0 fully saturated rings. The highest BCUT2D eigenvalue weighted by molar-refractivity contribution is 7.91. The van der Waals surface area contributed by atoms with Crippen molar-refractivity contribution in [2.45, 2.75) is 44.0 Å². The predicted octanol–water partition coefficient (Wildman–Crippen LogP) is 3.50. The Labute approximate surface area is 103 Å². The number of hydrogen-bond acceptors (Lipinski definition) is 2. The molecule has 96 valence electrons. The van der Waals surface area contributed by atoms with E-state index >= 15 is 0 Å². The Morgan fingerprint density at radius 2 is 1.65 bits per heavy atom. The van der Waals surface area contributed by atoms with Crippen molar-refractivity contribution >= 4 is 9.84 Å². The summed E-state index contributed by atoms with van der Waals surface area (Å²) in [5, 5.41) is 0. The van der Waals surface area contributed by atoms with E-state index in [1.54, 1.807) is 12.1 Å². The molecule has 0 aliphatic heterocycles. The maximum absolute atomic E-state index is 13.7. The maximum Gasteiger partial charge on any atom is 0.210 e. The molecule has 0 saturated heterocycles. The van der Waals surface area contributed by atoms with Crippen LogP contribution in [0.15, 0.2) is 29.2 Å². The summed E-state index contributed by atoms with van der Waals surface area (Å²) in [6.07, 6.45) is 0.639. The van der Waals surface area contributed by atoms with Crippen LogP contribution in [0.2, 0.25) is 0 Å². The second-order valence-electron chi connectivity index (χ2n) is 4.74. The van der Waals surface area contributed by atoms with Gasteiger partial charge in [0, 0.05) is 0 Å². The zero-order valence-electron chi connectivity index (χ0n) is 10.5. The van der Waals surface area contributed by atoms with Crippen molar-refractivity contribution in [1.29, 1.82) is 0 Å². The van der Waals surface area contributed by atoms with E-state index in [0.29, 0.717) is 12.3 Å². The molecule has 0 aliphatic rings. The summed E-state index contributed by atoms with van der Waals surface area (Å²) in [4.78, 5) is 0.0688. The van der Waals surface area contributed by atoms with Gasteiger partial charge in [-0.2, -0.15) is 0 Å². The fraction of sp³-hybridized carbons (Fsp3) is 0.538. The Hall–Kier alpha value is -0.900. The van der Waals surface area contributed by atoms with Gasteiger partial charge in [-0.25, -0.2) is 12.8 Å². The molecule has 0 N–H and O–H groups in total. The first-order valence-electron chi connectivity index (χ1n) is 5.78. The van der Waals surface area contributed by atoms with E-state index < -0.39 is 15.3 Å². The summed E-state index contributed by atoms with van der Waals surface area (Å²) in [6.45, 7) is 5.76. The van der Waals surface area contributed by atoms with Crippen LogP contribution in [0.25, 0.3) is 0 Å². The minimum atomic E-state index is -3.82. The molecular weight excluding hydrogens is 239 g/mol. The molecule has 1 aromatic rings. The third kappa shape index (κ3) is 3.80. The van der Waals surface area contributed by atoms with Gasteiger partial charge in [0.25, 0.3) is 0 Å². The maximum atomic E-state index is 13.7. The van der Waals surface area contributed by atoms with Crippen LogP contribution in [-0.4, -0.2) is 13.9 Å². The molecular formula is C13H19FO2S. The molecule has 1 unspecified atom stereocenters. The van der Waals surface area contributed by atoms with Crippen molar-refractivity contribution in [2.24, 2.45) is 5.92 Å². The highest BCUT2D eigenvalue weighted by atomic mass is 32.2. The molecule has 0 bridgehead atoms. The monoisotopic (exact) mass is 258 g/mol. The van der Waals surface area contributed by atoms with Gasteiger partial charge in [-0.15, -0.1) is 0 Å². The lowest BCUT2D eigenvalue weighted by molar-refractivity contribution is 0.371. The van der Waals surface area contributed by atoms with Gasteiger partial charge in [0.2, 0.25) is 15.3 Å². The zero-order valence-corrected chi connectivity index (χ0v) is 11.3. The normalized spacial score (nSPS) is 13.9. The first-order valence-corrected chi connectivity index (χ1v) is 7.33. The summed E-state index contributed by atoms with van der Waals surface area (Å²) >= 11 is 0. The van der Waals surface area contributed by atoms with Crippen LogP contribution < -0.4 is 0 Å². The molecule has 17 heavy (non-hydrogen) atoms. The second-order valence-corrected chi connectivity index (χ2v) is 6.81. The van der Waals surface area contributed by atoms with E-state index in [4.69, 9.17) is 0 Å². The van der Waals surface area contributed by atoms with Gasteiger partial charge in [-0.1, -0.05) is 31.5 Å². The number of halogens is 1. The molecule has 4 heteroatoms. The third-order valence-electron chi connectivity index (χ3n) is 2.66. The van der Waals surface area contributed by atoms with E-state index in [1.807, 2.05) is 20.8 Å². The van der Waals surface area contributed by atoms with Crippen molar-refractivity contribution in [2.75, 3.05) is 0 Å². The van der Waals surface area contributed by atoms with Gasteiger partial charge in [0.05, 0.1) is 4.90 Å². The first kappa shape index (κ1) is 14.2. The summed E-state index contributed by atoms with van der Waals surface area (Å²) in [6, 6.07) is 6.29. The summed E-state index contributed by atoms with van der Waals surface area (Å²) < 4.78 is 37.5. The predicted molar refractivity (Wildman–Crippen MR) is 67.3 cm³/mol. The SMILES string of the molecule is Cc1ccc(S(=O)(=O)C(F)CCC(C)C)cc1. The summed E-state index contributed by atoms with van der Waals surface area (Å²) in [5.74, 6) is 0.307. The first-order chi connectivity index (χ1) is 7.84. The van der Waals surface area contributed by atoms with Crippen LogP contribution >= 0.6 is 0 Å². The second kappa shape index (κ2) is 5.63. The van der Waals surface area contributed by atoms with Crippen LogP contribution in [0.3, 0.4) is 0 Å². The molecule has 0 radical (unpaired) electrons. The Balaban J connectivity index is 2.84. The molecule has 0 heterocycles. The van der Waals surface area contributed by atoms with Crippen molar-refractivity contribution in [3.8, 4) is 0 Å². The molecule has 0 spiro atoms. The number of benzene rings is 1. The van der Waals surface area contributed by atoms with Gasteiger partial charge in [-0.05, 0) is 37.8 Å². The molecule has 1 rings (SSSR count). The fourth-order valence-corrected chi connectivity index (χ4v) is 2.75. The van der Waals surface area contributed by atoms with Crippen LogP contribution in [0.1, 0.15) is 32.3 Å². The van der Waals surface area contributed by atoms with Crippen molar-refractivity contribution in [3.05, 3.63) is 29.8 Å². The fourth-order valence-electron chi connectivity index (χ4n) is 1.50. The van der Waals surface area contributed by atoms with Crippen LogP contribution in [0.4, 0.5) is 4.39 Å². The standard InChI is InChI=1S/C13H19FO2S/c1-10(2)4-9-13(14)17(15,16)12-7-5-11(3)6-8-12/h5-8,10,13H,4,9H2,1-3H3. The van der Waals surface area contributed by atoms with E-state index in [9.17, 15) is 12.8 Å². The molecule has 0 aromatic heterocycles. The summed E-state index contributed by atoms with van der Waals surface area (Å²) in [7, 11) is -3.82. The van der Waals surface area contributed by atoms with E-state index in [-0.39, 0.29) is 11.3 Å². The molecule has 1 atom stereocenters. The van der Waals surface area contributed by atoms with Gasteiger partial charge in [-0.3, -0.25) is 0 Å². The minimum Gasteiger partial charge on any atom is -0.230 e. The quantitative estimate of drug-likeness (QED) is 0.810. The average molecular weight is 258 g/mol. The van der Waals surface area contributed by atoms with Crippen molar-refractivity contribution in [3.63, 3.8) is 0 Å². The lowest BCUT2D eigenvalue weighted by Gasteiger charge is -2.11. The average Bonchev–Trinajstić information content (AvgIpc) is 2.26. The minimum absolute atomic E-state index is 0.0634. The molecule has 0 amide bonds. The topological polar surface area (TPSA) is 34.1 Å². The lowest BCUT2D eigenvalue weighted by atomic mass is 10.1. The molecule has 0 aliphatic carbocycles. The number of rotatable bonds is 5. The molecule has 0 saturated carbocycles. The number of hydrogen-bond donors (Lipinski definition) is 0. The Morgan fingerprint density at radius 3 is 2.12 bits per heavy atom. The van der Waals surface area contributed by atoms with E-state index in [1.165, 1.54) is 12.1 Å². The highest BCUT2D eigenvalue weighted by Crippen LogP contribution is 2.22. The van der Waals surface area contributed by atoms with Gasteiger partial charge in [0.15, 0.2) is 0 Å². The number of alkyl halides is 1. The van der Waals surface area contributed by atoms with Gasteiger partial charge < -0.3 is 0 Å². The smallest absolute Gasteiger partial charge is 0.210 e. The highest BCUT2D eigenvalue weighted by Gasteiger charge is 2.26. The van der Waals surface area contributed by atoms with Crippen LogP contribution in [0.5, 0.6) is 0 Å². The van der Waals surface area contributed by atoms with E-state index in [2.05, 4.69) is 0 Å². The van der Waals surface area contributed by atoms with Crippen LogP contribution in [0, 0.1) is 12.8 Å². The van der Waals surface area contributed by atoms with E-state index in [0.717, 1.165) is 5.56 Å². The Morgan fingerprint density at radius 1 is 1.12 bits per heavy atom. The summed E-state index contributed by atoms with van der Waals surface area (Å²) in [5.41, 5.74) is -0.839. The van der Waals surface area contributed by atoms with Gasteiger partial charge >= 0.3 is 0 Å².